The summed E-state index contributed by atoms with van der Waals surface area (Å²) < 4.78 is 4.93. The standard InChI is InChI=1S/C11H11ClN4O3S/c1-3-19-10(17)7-8(16(2)11(18)15-12)14-9-6(13-7)4-5-20-9/h4-5H,3H2,1-2H3,(H,15,18). The summed E-state index contributed by atoms with van der Waals surface area (Å²) in [5.41, 5.74) is 0.544. The molecule has 0 spiro atoms. The van der Waals surface area contributed by atoms with Crippen molar-refractivity contribution in [1.29, 1.82) is 0 Å². The Kier molecular flexibility index (Phi) is 4.35. The van der Waals surface area contributed by atoms with Crippen LogP contribution in [0.5, 0.6) is 0 Å². The van der Waals surface area contributed by atoms with Gasteiger partial charge in [0.2, 0.25) is 0 Å². The summed E-state index contributed by atoms with van der Waals surface area (Å²) >= 11 is 6.64. The number of urea groups is 1. The van der Waals surface area contributed by atoms with Gasteiger partial charge in [-0.25, -0.2) is 24.4 Å². The number of carbonyl (C=O) groups is 2. The molecular formula is C11H11ClN4O3S. The number of ether oxygens (including phenoxy) is 1. The van der Waals surface area contributed by atoms with Crippen LogP contribution in [0.3, 0.4) is 0 Å². The molecule has 2 rings (SSSR count). The molecule has 0 aromatic carbocycles. The predicted molar refractivity (Wildman–Crippen MR) is 76.2 cm³/mol. The SMILES string of the molecule is CCOC(=O)c1nc2ccsc2nc1N(C)C(=O)NCl. The average molecular weight is 315 g/mol. The van der Waals surface area contributed by atoms with Crippen molar-refractivity contribution in [2.45, 2.75) is 6.92 Å². The van der Waals surface area contributed by atoms with Crippen molar-refractivity contribution in [2.75, 3.05) is 18.6 Å². The van der Waals surface area contributed by atoms with E-state index in [-0.39, 0.29) is 18.1 Å². The number of carbonyl (C=O) groups excluding carboxylic acids is 2. The van der Waals surface area contributed by atoms with Crippen LogP contribution in [-0.4, -0.2) is 35.6 Å². The van der Waals surface area contributed by atoms with Gasteiger partial charge in [0.15, 0.2) is 11.5 Å². The molecule has 1 N–H and O–H groups in total. The third kappa shape index (κ3) is 2.66. The molecule has 9 heteroatoms. The highest BCUT2D eigenvalue weighted by molar-refractivity contribution is 7.16. The molecule has 0 radical (unpaired) electrons. The number of fused-ring (bicyclic) bond motifs is 1. The molecule has 2 aromatic heterocycles. The van der Waals surface area contributed by atoms with Crippen LogP contribution in [0.15, 0.2) is 11.4 Å². The second-order valence-corrected chi connectivity index (χ2v) is 4.77. The van der Waals surface area contributed by atoms with Gasteiger partial charge in [-0.05, 0) is 18.4 Å². The highest BCUT2D eigenvalue weighted by Gasteiger charge is 2.24. The lowest BCUT2D eigenvalue weighted by Gasteiger charge is -2.16. The first-order valence-corrected chi connectivity index (χ1v) is 6.91. The summed E-state index contributed by atoms with van der Waals surface area (Å²) in [6, 6.07) is 1.11. The molecular weight excluding hydrogens is 304 g/mol. The van der Waals surface area contributed by atoms with Crippen molar-refractivity contribution >= 4 is 51.3 Å². The van der Waals surface area contributed by atoms with Gasteiger partial charge in [0.05, 0.1) is 6.61 Å². The van der Waals surface area contributed by atoms with Gasteiger partial charge in [-0.15, -0.1) is 11.3 Å². The number of amides is 2. The van der Waals surface area contributed by atoms with Crippen LogP contribution in [0.2, 0.25) is 0 Å². The van der Waals surface area contributed by atoms with Crippen molar-refractivity contribution in [2.24, 2.45) is 0 Å². The highest BCUT2D eigenvalue weighted by Crippen LogP contribution is 2.24. The maximum Gasteiger partial charge on any atom is 0.360 e. The molecule has 0 saturated carbocycles. The highest BCUT2D eigenvalue weighted by atomic mass is 35.5. The van der Waals surface area contributed by atoms with Gasteiger partial charge in [0, 0.05) is 18.8 Å². The van der Waals surface area contributed by atoms with Crippen LogP contribution in [0.4, 0.5) is 10.6 Å². The molecule has 0 fully saturated rings. The molecule has 0 bridgehead atoms. The van der Waals surface area contributed by atoms with E-state index in [2.05, 4.69) is 9.97 Å². The van der Waals surface area contributed by atoms with Gasteiger partial charge in [-0.3, -0.25) is 4.90 Å². The lowest BCUT2D eigenvalue weighted by atomic mass is 10.3. The molecule has 0 atom stereocenters. The Balaban J connectivity index is 2.56. The van der Waals surface area contributed by atoms with Gasteiger partial charge in [0.1, 0.15) is 10.3 Å². The van der Waals surface area contributed by atoms with E-state index in [9.17, 15) is 9.59 Å². The third-order valence-electron chi connectivity index (χ3n) is 2.45. The van der Waals surface area contributed by atoms with Crippen LogP contribution in [0, 0.1) is 0 Å². The Labute approximate surface area is 123 Å². The van der Waals surface area contributed by atoms with Gasteiger partial charge < -0.3 is 4.74 Å². The van der Waals surface area contributed by atoms with Gasteiger partial charge >= 0.3 is 12.0 Å². The molecule has 0 aliphatic rings. The number of anilines is 1. The zero-order chi connectivity index (χ0) is 14.7. The summed E-state index contributed by atoms with van der Waals surface area (Å²) in [6.45, 7) is 1.89. The number of rotatable bonds is 3. The summed E-state index contributed by atoms with van der Waals surface area (Å²) in [6.07, 6.45) is 0. The molecule has 0 unspecified atom stereocenters. The first-order chi connectivity index (χ1) is 9.58. The first-order valence-electron chi connectivity index (χ1n) is 5.65. The Hall–Kier alpha value is -1.93. The van der Waals surface area contributed by atoms with Crippen molar-refractivity contribution in [3.8, 4) is 0 Å². The van der Waals surface area contributed by atoms with E-state index < -0.39 is 12.0 Å². The second-order valence-electron chi connectivity index (χ2n) is 3.69. The minimum atomic E-state index is -0.641. The molecule has 2 amide bonds. The van der Waals surface area contributed by atoms with Crippen molar-refractivity contribution in [3.63, 3.8) is 0 Å². The van der Waals surface area contributed by atoms with E-state index in [0.717, 1.165) is 4.90 Å². The maximum atomic E-state index is 11.9. The van der Waals surface area contributed by atoms with Crippen molar-refractivity contribution in [1.82, 2.24) is 14.8 Å². The number of esters is 1. The minimum absolute atomic E-state index is 0.0273. The van der Waals surface area contributed by atoms with Crippen molar-refractivity contribution < 1.29 is 14.3 Å². The fraction of sp³-hybridized carbons (Fsp3) is 0.273. The van der Waals surface area contributed by atoms with E-state index in [1.807, 2.05) is 4.84 Å². The molecule has 0 saturated heterocycles. The quantitative estimate of drug-likeness (QED) is 0.693. The summed E-state index contributed by atoms with van der Waals surface area (Å²) in [5, 5.41) is 1.80. The monoisotopic (exact) mass is 314 g/mol. The van der Waals surface area contributed by atoms with E-state index in [0.29, 0.717) is 10.3 Å². The first kappa shape index (κ1) is 14.5. The Morgan fingerprint density at radius 3 is 2.90 bits per heavy atom. The summed E-state index contributed by atoms with van der Waals surface area (Å²) in [4.78, 5) is 35.7. The zero-order valence-corrected chi connectivity index (χ0v) is 12.3. The second kappa shape index (κ2) is 6.02. The van der Waals surface area contributed by atoms with Crippen molar-refractivity contribution in [3.05, 3.63) is 17.1 Å². The van der Waals surface area contributed by atoms with Gasteiger partial charge in [-0.2, -0.15) is 0 Å². The Morgan fingerprint density at radius 2 is 2.25 bits per heavy atom. The van der Waals surface area contributed by atoms with Crippen LogP contribution in [0.1, 0.15) is 17.4 Å². The lowest BCUT2D eigenvalue weighted by Crippen LogP contribution is -2.34. The largest absolute Gasteiger partial charge is 0.461 e. The molecule has 2 aromatic rings. The number of nitrogens with one attached hydrogen (secondary N) is 1. The van der Waals surface area contributed by atoms with Crippen LogP contribution in [-0.2, 0) is 4.74 Å². The van der Waals surface area contributed by atoms with Crippen LogP contribution in [0.25, 0.3) is 10.3 Å². The van der Waals surface area contributed by atoms with E-state index in [4.69, 9.17) is 16.5 Å². The van der Waals surface area contributed by atoms with Crippen LogP contribution < -0.4 is 9.74 Å². The Bertz CT molecular complexity index is 660. The number of halogens is 1. The fourth-order valence-electron chi connectivity index (χ4n) is 1.51. The molecule has 106 valence electrons. The molecule has 0 aliphatic heterocycles. The molecule has 20 heavy (non-hydrogen) atoms. The van der Waals surface area contributed by atoms with E-state index in [1.54, 1.807) is 18.4 Å². The van der Waals surface area contributed by atoms with E-state index in [1.165, 1.54) is 18.4 Å². The van der Waals surface area contributed by atoms with E-state index >= 15 is 0 Å². The lowest BCUT2D eigenvalue weighted by molar-refractivity contribution is 0.0520. The number of thiophene rings is 1. The third-order valence-corrected chi connectivity index (χ3v) is 3.41. The smallest absolute Gasteiger partial charge is 0.360 e. The summed E-state index contributed by atoms with van der Waals surface area (Å²) in [7, 11) is 1.43. The topological polar surface area (TPSA) is 84.4 Å². The Morgan fingerprint density at radius 1 is 1.50 bits per heavy atom. The fourth-order valence-corrected chi connectivity index (χ4v) is 2.34. The number of aromatic nitrogens is 2. The minimum Gasteiger partial charge on any atom is -0.461 e. The molecule has 2 heterocycles. The maximum absolute atomic E-state index is 11.9. The molecule has 0 aliphatic carbocycles. The van der Waals surface area contributed by atoms with Gasteiger partial charge in [0.25, 0.3) is 0 Å². The summed E-state index contributed by atoms with van der Waals surface area (Å²) in [5.74, 6) is -0.547. The number of nitrogens with zero attached hydrogens (tertiary/aromatic N) is 3. The number of hydrogen-bond acceptors (Lipinski definition) is 6. The average Bonchev–Trinajstić information content (AvgIpc) is 2.91. The number of hydrogen-bond donors (Lipinski definition) is 1. The normalized spacial score (nSPS) is 10.3. The molecule has 7 nitrogen and oxygen atoms in total. The van der Waals surface area contributed by atoms with Gasteiger partial charge in [-0.1, -0.05) is 0 Å². The predicted octanol–water partition coefficient (Wildman–Crippen LogP) is 2.17. The zero-order valence-electron chi connectivity index (χ0n) is 10.7. The van der Waals surface area contributed by atoms with Crippen LogP contribution >= 0.6 is 23.1 Å².